The number of nitrogens with zero attached hydrogens (tertiary/aromatic N) is 2. The molecule has 0 atom stereocenters. The number of rotatable bonds is 6. The summed E-state index contributed by atoms with van der Waals surface area (Å²) in [5, 5.41) is 8.61. The third-order valence-electron chi connectivity index (χ3n) is 3.58. The summed E-state index contributed by atoms with van der Waals surface area (Å²) in [7, 11) is 5.82. The highest BCUT2D eigenvalue weighted by Gasteiger charge is 2.05. The highest BCUT2D eigenvalue weighted by Crippen LogP contribution is 2.22. The Morgan fingerprint density at radius 3 is 2.82 bits per heavy atom. The van der Waals surface area contributed by atoms with Crippen molar-refractivity contribution in [3.63, 3.8) is 0 Å². The van der Waals surface area contributed by atoms with E-state index in [0.717, 1.165) is 35.4 Å². The number of benzene rings is 2. The minimum Gasteiger partial charge on any atom is -0.492 e. The maximum Gasteiger partial charge on any atom is 0.265 e. The van der Waals surface area contributed by atoms with Gasteiger partial charge < -0.3 is 14.6 Å². The van der Waals surface area contributed by atoms with E-state index in [-0.39, 0.29) is 0 Å². The molecule has 5 heteroatoms. The van der Waals surface area contributed by atoms with E-state index in [1.54, 1.807) is 0 Å². The van der Waals surface area contributed by atoms with Crippen LogP contribution < -0.4 is 10.1 Å². The molecule has 0 bridgehead atoms. The second kappa shape index (κ2) is 6.66. The average Bonchev–Trinajstić information content (AvgIpc) is 2.82. The Morgan fingerprint density at radius 2 is 2.00 bits per heavy atom. The van der Waals surface area contributed by atoms with E-state index in [9.17, 15) is 0 Å². The van der Waals surface area contributed by atoms with Crippen LogP contribution in [0, 0.1) is 6.92 Å². The topological polar surface area (TPSA) is 39.1 Å². The van der Waals surface area contributed by atoms with Gasteiger partial charge in [-0.15, -0.1) is 0 Å². The fourth-order valence-electron chi connectivity index (χ4n) is 2.44. The van der Waals surface area contributed by atoms with Crippen LogP contribution in [0.5, 0.6) is 5.75 Å². The minimum absolute atomic E-state index is 0.607. The van der Waals surface area contributed by atoms with Crippen LogP contribution in [0.4, 0.5) is 0 Å². The molecule has 110 valence electrons. The lowest BCUT2D eigenvalue weighted by Gasteiger charge is -2.08. The fraction of sp³-hybridized carbons (Fsp3) is 0.235. The smallest absolute Gasteiger partial charge is 0.265 e. The van der Waals surface area contributed by atoms with Crippen LogP contribution in [-0.2, 0) is 6.54 Å². The van der Waals surface area contributed by atoms with Crippen molar-refractivity contribution in [1.29, 1.82) is 0 Å². The van der Waals surface area contributed by atoms with E-state index in [0.29, 0.717) is 6.61 Å². The van der Waals surface area contributed by atoms with E-state index < -0.39 is 0 Å². The van der Waals surface area contributed by atoms with Gasteiger partial charge in [-0.25, -0.2) is 0 Å². The number of hydrogen-bond donors (Lipinski definition) is 1. The molecule has 4 nitrogen and oxygen atoms in total. The Hall–Kier alpha value is -2.27. The Balaban J connectivity index is 1.50. The van der Waals surface area contributed by atoms with E-state index in [1.165, 1.54) is 10.2 Å². The molecule has 3 rings (SSSR count). The zero-order valence-electron chi connectivity index (χ0n) is 12.6. The molecular formula is C17H18BN3O. The maximum absolute atomic E-state index is 5.82. The van der Waals surface area contributed by atoms with Crippen LogP contribution in [0.25, 0.3) is 10.9 Å². The Kier molecular flexibility index (Phi) is 4.44. The zero-order chi connectivity index (χ0) is 15.4. The molecule has 0 aliphatic carbocycles. The van der Waals surface area contributed by atoms with Gasteiger partial charge in [-0.1, -0.05) is 30.3 Å². The van der Waals surface area contributed by atoms with E-state index in [1.807, 2.05) is 43.3 Å². The molecule has 3 aromatic rings. The highest BCUT2D eigenvalue weighted by atomic mass is 16.5. The molecular weight excluding hydrogens is 273 g/mol. The third kappa shape index (κ3) is 3.31. The summed E-state index contributed by atoms with van der Waals surface area (Å²) in [5.41, 5.74) is 3.08. The quantitative estimate of drug-likeness (QED) is 0.560. The van der Waals surface area contributed by atoms with Gasteiger partial charge in [0.1, 0.15) is 12.4 Å². The molecule has 0 aliphatic rings. The summed E-state index contributed by atoms with van der Waals surface area (Å²) in [5.74, 6) is 0.806. The van der Waals surface area contributed by atoms with Gasteiger partial charge in [0, 0.05) is 24.5 Å². The Morgan fingerprint density at radius 1 is 1.18 bits per heavy atom. The molecule has 0 spiro atoms. The SMILES string of the molecule is [B]n1nc(C)c2ccc(OCCNCc3ccccc3)cc21. The molecule has 2 aromatic carbocycles. The maximum atomic E-state index is 5.82. The molecule has 22 heavy (non-hydrogen) atoms. The summed E-state index contributed by atoms with van der Waals surface area (Å²) in [6, 6.07) is 16.2. The van der Waals surface area contributed by atoms with Gasteiger partial charge in [0.25, 0.3) is 7.98 Å². The van der Waals surface area contributed by atoms with Gasteiger partial charge in [0.05, 0.1) is 11.2 Å². The number of fused-ring (bicyclic) bond motifs is 1. The van der Waals surface area contributed by atoms with E-state index >= 15 is 0 Å². The van der Waals surface area contributed by atoms with Crippen LogP contribution in [0.2, 0.25) is 0 Å². The molecule has 1 N–H and O–H groups in total. The van der Waals surface area contributed by atoms with Crippen molar-refractivity contribution < 1.29 is 4.74 Å². The summed E-state index contributed by atoms with van der Waals surface area (Å²) in [6.07, 6.45) is 0. The largest absolute Gasteiger partial charge is 0.492 e. The van der Waals surface area contributed by atoms with Crippen LogP contribution in [0.1, 0.15) is 11.3 Å². The van der Waals surface area contributed by atoms with Crippen LogP contribution >= 0.6 is 0 Å². The summed E-state index contributed by atoms with van der Waals surface area (Å²) in [6.45, 7) is 4.18. The predicted octanol–water partition coefficient (Wildman–Crippen LogP) is 2.44. The van der Waals surface area contributed by atoms with Crippen molar-refractivity contribution in [3.8, 4) is 5.75 Å². The minimum atomic E-state index is 0.607. The van der Waals surface area contributed by atoms with E-state index in [4.69, 9.17) is 12.7 Å². The van der Waals surface area contributed by atoms with Crippen molar-refractivity contribution in [2.45, 2.75) is 13.5 Å². The molecule has 0 aliphatic heterocycles. The molecule has 0 unspecified atom stereocenters. The first-order valence-corrected chi connectivity index (χ1v) is 7.36. The Bertz CT molecular complexity index is 755. The first-order valence-electron chi connectivity index (χ1n) is 7.36. The van der Waals surface area contributed by atoms with Gasteiger partial charge in [0.2, 0.25) is 0 Å². The lowest BCUT2D eigenvalue weighted by atomic mass is 10.2. The molecule has 1 aromatic heterocycles. The van der Waals surface area contributed by atoms with Crippen molar-refractivity contribution in [2.75, 3.05) is 13.2 Å². The second-order valence-corrected chi connectivity index (χ2v) is 5.22. The number of aromatic nitrogens is 2. The monoisotopic (exact) mass is 291 g/mol. The predicted molar refractivity (Wildman–Crippen MR) is 89.3 cm³/mol. The molecule has 0 saturated carbocycles. The standard InChI is InChI=1S/C17H18BN3O/c1-13-16-8-7-15(11-17(16)21(18)20-13)22-10-9-19-12-14-5-3-2-4-6-14/h2-8,11,19H,9-10,12H2,1H3. The summed E-state index contributed by atoms with van der Waals surface area (Å²) < 4.78 is 7.15. The number of aryl methyl sites for hydroxylation is 1. The average molecular weight is 291 g/mol. The first kappa shape index (κ1) is 14.7. The van der Waals surface area contributed by atoms with Gasteiger partial charge in [0.15, 0.2) is 0 Å². The zero-order valence-corrected chi connectivity index (χ0v) is 12.6. The second-order valence-electron chi connectivity index (χ2n) is 5.22. The van der Waals surface area contributed by atoms with Gasteiger partial charge in [-0.2, -0.15) is 5.10 Å². The van der Waals surface area contributed by atoms with Gasteiger partial charge in [-0.05, 0) is 24.6 Å². The van der Waals surface area contributed by atoms with Crippen molar-refractivity contribution in [1.82, 2.24) is 15.0 Å². The normalized spacial score (nSPS) is 11.0. The lowest BCUT2D eigenvalue weighted by molar-refractivity contribution is 0.314. The van der Waals surface area contributed by atoms with Crippen LogP contribution in [0.3, 0.4) is 0 Å². The number of nitrogens with one attached hydrogen (secondary N) is 1. The molecule has 0 saturated heterocycles. The van der Waals surface area contributed by atoms with Crippen LogP contribution in [-0.4, -0.2) is 30.8 Å². The van der Waals surface area contributed by atoms with Gasteiger partial charge in [-0.3, -0.25) is 0 Å². The fourth-order valence-corrected chi connectivity index (χ4v) is 2.44. The summed E-state index contributed by atoms with van der Waals surface area (Å²) in [4.78, 5) is 0. The van der Waals surface area contributed by atoms with Gasteiger partial charge >= 0.3 is 0 Å². The molecule has 2 radical (unpaired) electrons. The number of ether oxygens (including phenoxy) is 1. The van der Waals surface area contributed by atoms with E-state index in [2.05, 4.69) is 22.5 Å². The molecule has 0 amide bonds. The Labute approximate surface area is 131 Å². The number of hydrogen-bond acceptors (Lipinski definition) is 3. The van der Waals surface area contributed by atoms with Crippen molar-refractivity contribution in [3.05, 3.63) is 59.8 Å². The highest BCUT2D eigenvalue weighted by molar-refractivity contribution is 6.10. The van der Waals surface area contributed by atoms with Crippen molar-refractivity contribution in [2.24, 2.45) is 0 Å². The van der Waals surface area contributed by atoms with Crippen molar-refractivity contribution >= 4 is 18.9 Å². The summed E-state index contributed by atoms with van der Waals surface area (Å²) >= 11 is 0. The lowest BCUT2D eigenvalue weighted by Crippen LogP contribution is -2.20. The molecule has 0 fully saturated rings. The molecule has 1 heterocycles. The van der Waals surface area contributed by atoms with Crippen LogP contribution in [0.15, 0.2) is 48.5 Å². The third-order valence-corrected chi connectivity index (χ3v) is 3.58. The first-order chi connectivity index (χ1) is 10.7.